The largest absolute Gasteiger partial charge is 0.372 e. The molecule has 1 amide bonds. The van der Waals surface area contributed by atoms with E-state index in [1.54, 1.807) is 0 Å². The predicted octanol–water partition coefficient (Wildman–Crippen LogP) is 1.49. The molecule has 9 heteroatoms. The first-order valence-corrected chi connectivity index (χ1v) is 7.84. The van der Waals surface area contributed by atoms with Gasteiger partial charge in [0.25, 0.3) is 5.95 Å². The number of hydrogen-bond acceptors (Lipinski definition) is 7. The van der Waals surface area contributed by atoms with Crippen molar-refractivity contribution in [3.63, 3.8) is 0 Å². The summed E-state index contributed by atoms with van der Waals surface area (Å²) in [6.45, 7) is 2.08. The fourth-order valence-corrected chi connectivity index (χ4v) is 2.71. The van der Waals surface area contributed by atoms with E-state index in [0.29, 0.717) is 5.69 Å². The Kier molecular flexibility index (Phi) is 4.92. The molecule has 0 radical (unpaired) electrons. The highest BCUT2D eigenvalue weighted by Gasteiger charge is 2.12. The van der Waals surface area contributed by atoms with Crippen molar-refractivity contribution in [1.82, 2.24) is 14.8 Å². The number of carbonyl (C=O) groups is 1. The van der Waals surface area contributed by atoms with Crippen LogP contribution >= 0.6 is 0 Å². The molecule has 1 fully saturated rings. The van der Waals surface area contributed by atoms with E-state index in [1.165, 1.54) is 36.0 Å². The van der Waals surface area contributed by atoms with Crippen molar-refractivity contribution in [2.45, 2.75) is 25.8 Å². The number of carbonyl (C=O) groups excluding carboxylic acids is 1. The molecule has 0 aliphatic carbocycles. The zero-order valence-corrected chi connectivity index (χ0v) is 13.2. The zero-order valence-electron chi connectivity index (χ0n) is 13.2. The van der Waals surface area contributed by atoms with Gasteiger partial charge in [-0.2, -0.15) is 4.98 Å². The number of hydrogen-bond donors (Lipinski definition) is 3. The SMILES string of the molecule is O=C(Cn1cnc(N(O)O)n1)Nc1ccc(N2CCCCC2)cc1. The maximum absolute atomic E-state index is 12.0. The molecular formula is C15H20N6O3. The number of piperidine rings is 1. The van der Waals surface area contributed by atoms with Crippen molar-refractivity contribution in [2.75, 3.05) is 28.5 Å². The topological polar surface area (TPSA) is 107 Å². The Morgan fingerprint density at radius 2 is 1.88 bits per heavy atom. The average molecular weight is 332 g/mol. The van der Waals surface area contributed by atoms with Crippen LogP contribution in [-0.2, 0) is 11.3 Å². The van der Waals surface area contributed by atoms with Gasteiger partial charge in [-0.05, 0) is 43.5 Å². The first-order valence-electron chi connectivity index (χ1n) is 7.84. The Hall–Kier alpha value is -2.65. The third-order valence-corrected chi connectivity index (χ3v) is 3.88. The Bertz CT molecular complexity index is 679. The van der Waals surface area contributed by atoms with E-state index in [4.69, 9.17) is 10.4 Å². The van der Waals surface area contributed by atoms with Crippen LogP contribution in [0.25, 0.3) is 0 Å². The second-order valence-electron chi connectivity index (χ2n) is 5.67. The van der Waals surface area contributed by atoms with Gasteiger partial charge in [-0.25, -0.2) is 4.68 Å². The second-order valence-corrected chi connectivity index (χ2v) is 5.67. The number of benzene rings is 1. The van der Waals surface area contributed by atoms with Crippen LogP contribution in [-0.4, -0.2) is 44.2 Å². The van der Waals surface area contributed by atoms with Crippen LogP contribution in [0.5, 0.6) is 0 Å². The van der Waals surface area contributed by atoms with Crippen LogP contribution in [0.3, 0.4) is 0 Å². The highest BCUT2D eigenvalue weighted by Crippen LogP contribution is 2.21. The van der Waals surface area contributed by atoms with Crippen LogP contribution in [0.4, 0.5) is 17.3 Å². The van der Waals surface area contributed by atoms with Crippen molar-refractivity contribution >= 4 is 23.2 Å². The molecule has 1 saturated heterocycles. The summed E-state index contributed by atoms with van der Waals surface area (Å²) >= 11 is 0. The summed E-state index contributed by atoms with van der Waals surface area (Å²) in [6.07, 6.45) is 4.97. The third kappa shape index (κ3) is 4.00. The first-order chi connectivity index (χ1) is 11.6. The number of rotatable bonds is 5. The Morgan fingerprint density at radius 3 is 2.50 bits per heavy atom. The van der Waals surface area contributed by atoms with E-state index in [1.807, 2.05) is 24.3 Å². The van der Waals surface area contributed by atoms with E-state index in [9.17, 15) is 4.79 Å². The summed E-state index contributed by atoms with van der Waals surface area (Å²) in [5, 5.41) is 23.9. The summed E-state index contributed by atoms with van der Waals surface area (Å²) < 4.78 is 1.21. The van der Waals surface area contributed by atoms with E-state index in [2.05, 4.69) is 20.3 Å². The van der Waals surface area contributed by atoms with Crippen LogP contribution in [0.1, 0.15) is 19.3 Å². The number of nitrogens with zero attached hydrogens (tertiary/aromatic N) is 5. The molecule has 0 bridgehead atoms. The van der Waals surface area contributed by atoms with E-state index >= 15 is 0 Å². The molecule has 1 aliphatic rings. The number of nitrogens with one attached hydrogen (secondary N) is 1. The molecule has 1 aromatic heterocycles. The lowest BCUT2D eigenvalue weighted by atomic mass is 10.1. The van der Waals surface area contributed by atoms with Gasteiger partial charge in [0.05, 0.1) is 0 Å². The number of amides is 1. The Morgan fingerprint density at radius 1 is 1.17 bits per heavy atom. The molecule has 3 N–H and O–H groups in total. The van der Waals surface area contributed by atoms with Crippen LogP contribution in [0.15, 0.2) is 30.6 Å². The normalized spacial score (nSPS) is 14.5. The van der Waals surface area contributed by atoms with Gasteiger partial charge in [0.2, 0.25) is 5.91 Å². The van der Waals surface area contributed by atoms with Gasteiger partial charge in [-0.1, -0.05) is 5.23 Å². The molecule has 0 atom stereocenters. The van der Waals surface area contributed by atoms with Crippen molar-refractivity contribution < 1.29 is 15.2 Å². The lowest BCUT2D eigenvalue weighted by Gasteiger charge is -2.28. The van der Waals surface area contributed by atoms with Gasteiger partial charge < -0.3 is 10.2 Å². The minimum atomic E-state index is -0.298. The lowest BCUT2D eigenvalue weighted by Crippen LogP contribution is -2.29. The summed E-state index contributed by atoms with van der Waals surface area (Å²) in [5.74, 6) is -0.576. The molecule has 2 heterocycles. The summed E-state index contributed by atoms with van der Waals surface area (Å²) in [6, 6.07) is 7.75. The molecule has 3 rings (SSSR count). The Labute approximate surface area is 139 Å². The molecule has 1 aromatic carbocycles. The quantitative estimate of drug-likeness (QED) is 0.712. The zero-order chi connectivity index (χ0) is 16.9. The third-order valence-electron chi connectivity index (χ3n) is 3.88. The number of aromatic nitrogens is 3. The standard InChI is InChI=1S/C15H20N6O3/c22-14(10-20-11-16-15(18-20)21(23)24)17-12-4-6-13(7-5-12)19-8-2-1-3-9-19/h4-7,11,23-24H,1-3,8-10H2,(H,17,22). The van der Waals surface area contributed by atoms with Gasteiger partial charge in [-0.15, -0.1) is 5.10 Å². The molecule has 9 nitrogen and oxygen atoms in total. The molecule has 128 valence electrons. The maximum atomic E-state index is 12.0. The van der Waals surface area contributed by atoms with Crippen LogP contribution < -0.4 is 15.4 Å². The second kappa shape index (κ2) is 7.28. The molecule has 1 aliphatic heterocycles. The van der Waals surface area contributed by atoms with Gasteiger partial charge in [0, 0.05) is 24.5 Å². The molecule has 0 spiro atoms. The summed E-state index contributed by atoms with van der Waals surface area (Å²) in [5.41, 5.74) is 1.87. The van der Waals surface area contributed by atoms with Crippen LogP contribution in [0, 0.1) is 0 Å². The van der Waals surface area contributed by atoms with Crippen LogP contribution in [0.2, 0.25) is 0 Å². The Balaban J connectivity index is 1.55. The monoisotopic (exact) mass is 332 g/mol. The minimum absolute atomic E-state index is 0.0747. The van der Waals surface area contributed by atoms with Crippen molar-refractivity contribution in [1.29, 1.82) is 0 Å². The number of anilines is 3. The van der Waals surface area contributed by atoms with E-state index in [0.717, 1.165) is 13.1 Å². The smallest absolute Gasteiger partial charge is 0.295 e. The van der Waals surface area contributed by atoms with Gasteiger partial charge in [-0.3, -0.25) is 15.2 Å². The van der Waals surface area contributed by atoms with E-state index in [-0.39, 0.29) is 23.6 Å². The molecule has 2 aromatic rings. The molecule has 0 unspecified atom stereocenters. The van der Waals surface area contributed by atoms with Crippen molar-refractivity contribution in [3.8, 4) is 0 Å². The van der Waals surface area contributed by atoms with Gasteiger partial charge >= 0.3 is 0 Å². The summed E-state index contributed by atoms with van der Waals surface area (Å²) in [7, 11) is 0. The highest BCUT2D eigenvalue weighted by molar-refractivity contribution is 5.90. The minimum Gasteiger partial charge on any atom is -0.372 e. The van der Waals surface area contributed by atoms with E-state index < -0.39 is 0 Å². The van der Waals surface area contributed by atoms with Gasteiger partial charge in [0.1, 0.15) is 12.9 Å². The molecule has 24 heavy (non-hydrogen) atoms. The predicted molar refractivity (Wildman–Crippen MR) is 87.2 cm³/mol. The average Bonchev–Trinajstić information content (AvgIpc) is 3.05. The fourth-order valence-electron chi connectivity index (χ4n) is 2.71. The van der Waals surface area contributed by atoms with Crippen molar-refractivity contribution in [3.05, 3.63) is 30.6 Å². The summed E-state index contributed by atoms with van der Waals surface area (Å²) in [4.78, 5) is 18.0. The molecule has 0 saturated carbocycles. The molecular weight excluding hydrogens is 312 g/mol. The van der Waals surface area contributed by atoms with Gasteiger partial charge in [0.15, 0.2) is 0 Å². The fraction of sp³-hybridized carbons (Fsp3) is 0.400. The first kappa shape index (κ1) is 16.2. The maximum Gasteiger partial charge on any atom is 0.295 e. The lowest BCUT2D eigenvalue weighted by molar-refractivity contribution is -0.116. The van der Waals surface area contributed by atoms with Crippen molar-refractivity contribution in [2.24, 2.45) is 0 Å². The highest BCUT2D eigenvalue weighted by atomic mass is 16.8.